The minimum Gasteiger partial charge on any atom is -0.460 e. The number of nitro benzene ring substituents is 1. The van der Waals surface area contributed by atoms with Crippen molar-refractivity contribution >= 4 is 38.4 Å². The second kappa shape index (κ2) is 21.9. The minimum atomic E-state index is -4.38. The zero-order valence-corrected chi connectivity index (χ0v) is 39.2. The van der Waals surface area contributed by atoms with Gasteiger partial charge in [-0.3, -0.25) is 15.1 Å². The van der Waals surface area contributed by atoms with Gasteiger partial charge in [0.2, 0.25) is 15.8 Å². The zero-order chi connectivity index (χ0) is 48.5. The van der Waals surface area contributed by atoms with E-state index in [1.54, 1.807) is 66.9 Å². The van der Waals surface area contributed by atoms with Gasteiger partial charge in [-0.05, 0) is 96.7 Å². The number of rotatable bonds is 21. The molecule has 69 heavy (non-hydrogen) atoms. The molecular formula is C52H57N5O11S. The van der Waals surface area contributed by atoms with Gasteiger partial charge >= 0.3 is 6.09 Å². The van der Waals surface area contributed by atoms with Gasteiger partial charge in [0, 0.05) is 68.4 Å². The number of aromatic nitrogens is 1. The number of oxime groups is 1. The first-order valence-electron chi connectivity index (χ1n) is 23.2. The predicted octanol–water partition coefficient (Wildman–Crippen LogP) is 8.59. The van der Waals surface area contributed by atoms with Crippen molar-refractivity contribution in [1.29, 1.82) is 0 Å². The number of sulfonamides is 1. The highest BCUT2D eigenvalue weighted by molar-refractivity contribution is 7.89. The van der Waals surface area contributed by atoms with Gasteiger partial charge in [0.05, 0.1) is 34.7 Å². The maximum atomic E-state index is 15.3. The standard InChI is InChI=1S/C52H57N5O11S/c1-3-29-65-52-47(56(2)69(63,64)46-19-11-16-37-17-12-26-53-50(37)46)32-44(55-66-34-36-20-22-39(23-21-36)57(61)62)42-30-38(15-7-9-27-58)41(18-8-10-28-59)48(49(42)52)43-31-40(24-25-45(43)68-52)67-51(60)54-33-35-13-5-4-6-14-35/h3-6,11-14,16-17,19-26,30-31,38,41,47-49,58-59H,1,7-10,15,18,27-29,32-34H2,2H3,(H,54,60)/t38-,41+,47-,48+,49+,52+/m0/s1. The first-order chi connectivity index (χ1) is 33.5. The van der Waals surface area contributed by atoms with E-state index in [2.05, 4.69) is 23.0 Å². The van der Waals surface area contributed by atoms with Crippen LogP contribution in [0.5, 0.6) is 11.5 Å². The molecule has 0 radical (unpaired) electrons. The van der Waals surface area contributed by atoms with Crippen LogP contribution >= 0.6 is 0 Å². The predicted molar refractivity (Wildman–Crippen MR) is 259 cm³/mol. The largest absolute Gasteiger partial charge is 0.460 e. The third-order valence-corrected chi connectivity index (χ3v) is 15.3. The number of pyridine rings is 1. The molecule has 1 fully saturated rings. The molecule has 2 heterocycles. The lowest BCUT2D eigenvalue weighted by atomic mass is 9.55. The number of allylic oxidation sites excluding steroid dienone is 1. The van der Waals surface area contributed by atoms with Gasteiger partial charge < -0.3 is 34.6 Å². The summed E-state index contributed by atoms with van der Waals surface area (Å²) < 4.78 is 51.9. The molecule has 1 aromatic heterocycles. The number of carbonyl (C=O) groups is 1. The van der Waals surface area contributed by atoms with Crippen molar-refractivity contribution in [2.45, 2.75) is 80.7 Å². The number of nitrogens with zero attached hydrogens (tertiary/aromatic N) is 4. The molecule has 6 atom stereocenters. The Morgan fingerprint density at radius 3 is 2.48 bits per heavy atom. The number of aliphatic hydroxyl groups is 2. The van der Waals surface area contributed by atoms with E-state index in [-0.39, 0.29) is 67.6 Å². The minimum absolute atomic E-state index is 0.00406. The third-order valence-electron chi connectivity index (χ3n) is 13.4. The summed E-state index contributed by atoms with van der Waals surface area (Å²) in [5, 5.41) is 39.6. The molecule has 1 aliphatic heterocycles. The average Bonchev–Trinajstić information content (AvgIpc) is 3.36. The lowest BCUT2D eigenvalue weighted by Crippen LogP contribution is -2.69. The summed E-state index contributed by atoms with van der Waals surface area (Å²) in [5.41, 5.74) is 3.65. The van der Waals surface area contributed by atoms with Crippen LogP contribution in [0.4, 0.5) is 10.5 Å². The number of non-ortho nitro benzene ring substituents is 1. The summed E-state index contributed by atoms with van der Waals surface area (Å²) in [6.07, 6.45) is 8.47. The molecule has 8 rings (SSSR count). The van der Waals surface area contributed by atoms with Gasteiger partial charge in [0.25, 0.3) is 5.69 Å². The summed E-state index contributed by atoms with van der Waals surface area (Å²) in [5.74, 6) is -2.50. The van der Waals surface area contributed by atoms with E-state index in [1.165, 1.54) is 29.6 Å². The van der Waals surface area contributed by atoms with Crippen LogP contribution in [0, 0.1) is 27.9 Å². The fourth-order valence-corrected chi connectivity index (χ4v) is 11.7. The number of para-hydroxylation sites is 1. The van der Waals surface area contributed by atoms with Crippen molar-refractivity contribution < 1.29 is 47.4 Å². The molecule has 1 saturated carbocycles. The van der Waals surface area contributed by atoms with Crippen LogP contribution in [0.25, 0.3) is 10.9 Å². The number of fused-ring (bicyclic) bond motifs is 3. The maximum absolute atomic E-state index is 15.3. The molecule has 17 heteroatoms. The quantitative estimate of drug-likeness (QED) is 0.0273. The molecule has 3 N–H and O–H groups in total. The summed E-state index contributed by atoms with van der Waals surface area (Å²) in [4.78, 5) is 34.8. The van der Waals surface area contributed by atoms with Crippen molar-refractivity contribution in [2.75, 3.05) is 26.9 Å². The average molecular weight is 960 g/mol. The summed E-state index contributed by atoms with van der Waals surface area (Å²) in [6, 6.07) is 28.0. The Balaban J connectivity index is 1.29. The smallest absolute Gasteiger partial charge is 0.412 e. The van der Waals surface area contributed by atoms with E-state index < -0.39 is 44.7 Å². The van der Waals surface area contributed by atoms with Crippen LogP contribution in [-0.4, -0.2) is 83.3 Å². The number of likely N-dealkylation sites (N-methyl/N-ethyl adjacent to an activating group) is 1. The van der Waals surface area contributed by atoms with Gasteiger partial charge in [-0.2, -0.15) is 4.31 Å². The maximum Gasteiger partial charge on any atom is 0.412 e. The van der Waals surface area contributed by atoms with Crippen molar-refractivity contribution in [3.8, 4) is 11.5 Å². The number of ether oxygens (including phenoxy) is 3. The number of nitrogens with one attached hydrogen (secondary N) is 1. The number of hydrogen-bond acceptors (Lipinski definition) is 13. The van der Waals surface area contributed by atoms with E-state index in [1.807, 2.05) is 30.3 Å². The van der Waals surface area contributed by atoms with Crippen LogP contribution in [0.15, 0.2) is 144 Å². The fraction of sp³-hybridized carbons (Fsp3) is 0.365. The lowest BCUT2D eigenvalue weighted by molar-refractivity contribution is -0.384. The van der Waals surface area contributed by atoms with Gasteiger partial charge in [0.15, 0.2) is 0 Å². The molecular weight excluding hydrogens is 903 g/mol. The molecule has 16 nitrogen and oxygen atoms in total. The Labute approximate surface area is 401 Å². The highest BCUT2D eigenvalue weighted by Gasteiger charge is 2.66. The van der Waals surface area contributed by atoms with Gasteiger partial charge in [-0.1, -0.05) is 78.7 Å². The number of unbranched alkanes of at least 4 members (excludes halogenated alkanes) is 2. The first kappa shape index (κ1) is 48.9. The van der Waals surface area contributed by atoms with E-state index >= 15 is 8.42 Å². The van der Waals surface area contributed by atoms with E-state index in [0.717, 1.165) is 11.1 Å². The second-order valence-electron chi connectivity index (χ2n) is 17.6. The Morgan fingerprint density at radius 2 is 1.74 bits per heavy atom. The molecule has 0 saturated heterocycles. The molecule has 2 aliphatic carbocycles. The molecule has 3 aliphatic rings. The van der Waals surface area contributed by atoms with Crippen LogP contribution in [0.2, 0.25) is 0 Å². The number of benzene rings is 4. The van der Waals surface area contributed by atoms with Gasteiger partial charge in [0.1, 0.15) is 23.0 Å². The van der Waals surface area contributed by atoms with Crippen LogP contribution in [-0.2, 0) is 32.7 Å². The summed E-state index contributed by atoms with van der Waals surface area (Å²) in [6.45, 7) is 4.17. The normalized spacial score (nSPS) is 22.2. The summed E-state index contributed by atoms with van der Waals surface area (Å²) in [7, 11) is -2.88. The lowest BCUT2D eigenvalue weighted by Gasteiger charge is -2.59. The Kier molecular flexibility index (Phi) is 15.5. The van der Waals surface area contributed by atoms with Crippen molar-refractivity contribution in [3.05, 3.63) is 160 Å². The second-order valence-corrected chi connectivity index (χ2v) is 19.5. The molecule has 0 bridgehead atoms. The first-order valence-corrected chi connectivity index (χ1v) is 24.7. The molecule has 1 amide bonds. The molecule has 0 spiro atoms. The molecule has 0 unspecified atom stereocenters. The fourth-order valence-electron chi connectivity index (χ4n) is 10.2. The summed E-state index contributed by atoms with van der Waals surface area (Å²) >= 11 is 0. The number of nitro groups is 1. The van der Waals surface area contributed by atoms with Gasteiger partial charge in [-0.25, -0.2) is 13.2 Å². The highest BCUT2D eigenvalue weighted by atomic mass is 32.2. The molecule has 5 aromatic rings. The van der Waals surface area contributed by atoms with Gasteiger partial charge in [-0.15, -0.1) is 6.58 Å². The highest BCUT2D eigenvalue weighted by Crippen LogP contribution is 2.62. The van der Waals surface area contributed by atoms with E-state index in [0.29, 0.717) is 72.0 Å². The van der Waals surface area contributed by atoms with Crippen molar-refractivity contribution in [1.82, 2.24) is 14.6 Å². The Hall–Kier alpha value is -6.50. The van der Waals surface area contributed by atoms with Crippen LogP contribution < -0.4 is 14.8 Å². The number of hydrogen-bond donors (Lipinski definition) is 3. The SMILES string of the molecule is C=CCO[C@@]12Oc3ccc(OC(=O)NCc4ccccc4)cc3[C@H]3[C@H](CCCCO)[C@@H](CCCCO)C=C(C(=NOCc4ccc([N+](=O)[O-])cc4)C[C@@H]1N(C)S(=O)(=O)c1cccc4cccnc14)[C@H]32. The third kappa shape index (κ3) is 10.4. The number of amides is 1. The molecule has 362 valence electrons. The monoisotopic (exact) mass is 959 g/mol. The number of aliphatic hydroxyl groups excluding tert-OH is 2. The van der Waals surface area contributed by atoms with E-state index in [4.69, 9.17) is 24.2 Å². The van der Waals surface area contributed by atoms with Crippen LogP contribution in [0.1, 0.15) is 67.6 Å². The van der Waals surface area contributed by atoms with Crippen LogP contribution in [0.3, 0.4) is 0 Å². The van der Waals surface area contributed by atoms with E-state index in [9.17, 15) is 25.1 Å². The Morgan fingerprint density at radius 1 is 0.986 bits per heavy atom. The van der Waals surface area contributed by atoms with Crippen molar-refractivity contribution in [3.63, 3.8) is 0 Å². The number of carbonyl (C=O) groups excluding carboxylic acids is 1. The topological polar surface area (TPSA) is 212 Å². The molecule has 4 aromatic carbocycles. The van der Waals surface area contributed by atoms with Crippen molar-refractivity contribution in [2.24, 2.45) is 22.9 Å². The zero-order valence-electron chi connectivity index (χ0n) is 38.4. The Bertz CT molecular complexity index is 2800.